The van der Waals surface area contributed by atoms with E-state index in [9.17, 15) is 22.0 Å². The molecule has 0 aliphatic heterocycles. The van der Waals surface area contributed by atoms with Crippen LogP contribution in [0.2, 0.25) is 0 Å². The molecule has 0 aliphatic carbocycles. The molecule has 168 valence electrons. The summed E-state index contributed by atoms with van der Waals surface area (Å²) in [5, 5.41) is 2.30. The van der Waals surface area contributed by atoms with Gasteiger partial charge in [-0.05, 0) is 42.3 Å². The van der Waals surface area contributed by atoms with E-state index in [1.807, 2.05) is 0 Å². The Morgan fingerprint density at radius 1 is 1.03 bits per heavy atom. The fraction of sp³-hybridized carbons (Fsp3) is 0.174. The molecule has 0 saturated carbocycles. The largest absolute Gasteiger partial charge is 0.495 e. The van der Waals surface area contributed by atoms with Crippen LogP contribution < -0.4 is 10.1 Å². The summed E-state index contributed by atoms with van der Waals surface area (Å²) in [4.78, 5) is 12.6. The lowest BCUT2D eigenvalue weighted by Crippen LogP contribution is -2.37. The summed E-state index contributed by atoms with van der Waals surface area (Å²) in [5.74, 6) is -2.39. The molecule has 0 atom stereocenters. The second-order valence-electron chi connectivity index (χ2n) is 7.09. The SMILES string of the molecule is COc1ccc(C)cc1S(=O)(=O)N(CC(=O)Nc1ccc(F)cc1F)Cc1ccccc1. The van der Waals surface area contributed by atoms with Crippen LogP contribution in [-0.2, 0) is 21.4 Å². The van der Waals surface area contributed by atoms with Crippen molar-refractivity contribution in [2.24, 2.45) is 0 Å². The standard InChI is InChI=1S/C23H22F2N2O4S/c1-16-8-11-21(31-2)22(12-16)32(29,30)27(14-17-6-4-3-5-7-17)15-23(28)26-20-10-9-18(24)13-19(20)25/h3-13H,14-15H2,1-2H3,(H,26,28). The highest BCUT2D eigenvalue weighted by Crippen LogP contribution is 2.29. The third-order valence-corrected chi connectivity index (χ3v) is 6.48. The molecule has 32 heavy (non-hydrogen) atoms. The van der Waals surface area contributed by atoms with Gasteiger partial charge in [-0.1, -0.05) is 36.4 Å². The van der Waals surface area contributed by atoms with Gasteiger partial charge in [-0.15, -0.1) is 0 Å². The summed E-state index contributed by atoms with van der Waals surface area (Å²) in [7, 11) is -2.82. The number of rotatable bonds is 8. The van der Waals surface area contributed by atoms with Gasteiger partial charge in [-0.3, -0.25) is 4.79 Å². The van der Waals surface area contributed by atoms with Crippen LogP contribution in [0.15, 0.2) is 71.6 Å². The van der Waals surface area contributed by atoms with Crippen molar-refractivity contribution in [3.8, 4) is 5.75 Å². The Kier molecular flexibility index (Phi) is 7.22. The van der Waals surface area contributed by atoms with Gasteiger partial charge in [0, 0.05) is 12.6 Å². The maximum Gasteiger partial charge on any atom is 0.247 e. The van der Waals surface area contributed by atoms with E-state index in [1.165, 1.54) is 19.2 Å². The van der Waals surface area contributed by atoms with Gasteiger partial charge in [0.2, 0.25) is 15.9 Å². The zero-order valence-corrected chi connectivity index (χ0v) is 18.3. The molecular formula is C23H22F2N2O4S. The zero-order chi connectivity index (χ0) is 23.3. The topological polar surface area (TPSA) is 75.7 Å². The molecule has 3 aromatic rings. The van der Waals surface area contributed by atoms with Gasteiger partial charge < -0.3 is 10.1 Å². The molecule has 0 spiro atoms. The number of nitrogens with zero attached hydrogens (tertiary/aromatic N) is 1. The van der Waals surface area contributed by atoms with Crippen LogP contribution in [0.4, 0.5) is 14.5 Å². The van der Waals surface area contributed by atoms with Gasteiger partial charge in [0.05, 0.1) is 19.3 Å². The van der Waals surface area contributed by atoms with E-state index in [2.05, 4.69) is 5.32 Å². The summed E-state index contributed by atoms with van der Waals surface area (Å²) in [6, 6.07) is 16.2. The van der Waals surface area contributed by atoms with Crippen molar-refractivity contribution in [2.75, 3.05) is 19.0 Å². The molecule has 1 N–H and O–H groups in total. The first-order valence-electron chi connectivity index (χ1n) is 9.64. The van der Waals surface area contributed by atoms with Gasteiger partial charge in [-0.2, -0.15) is 4.31 Å². The lowest BCUT2D eigenvalue weighted by molar-refractivity contribution is -0.116. The van der Waals surface area contributed by atoms with Gasteiger partial charge in [0.15, 0.2) is 0 Å². The van der Waals surface area contributed by atoms with Gasteiger partial charge in [-0.25, -0.2) is 17.2 Å². The van der Waals surface area contributed by atoms with Crippen molar-refractivity contribution in [2.45, 2.75) is 18.4 Å². The highest BCUT2D eigenvalue weighted by molar-refractivity contribution is 7.89. The molecule has 6 nitrogen and oxygen atoms in total. The van der Waals surface area contributed by atoms with Gasteiger partial charge in [0.1, 0.15) is 22.3 Å². The minimum Gasteiger partial charge on any atom is -0.495 e. The first kappa shape index (κ1) is 23.4. The fourth-order valence-electron chi connectivity index (χ4n) is 3.08. The predicted octanol–water partition coefficient (Wildman–Crippen LogP) is 4.11. The number of benzene rings is 3. The Hall–Kier alpha value is -3.30. The fourth-order valence-corrected chi connectivity index (χ4v) is 4.70. The summed E-state index contributed by atoms with van der Waals surface area (Å²) >= 11 is 0. The van der Waals surface area contributed by atoms with E-state index in [1.54, 1.807) is 43.3 Å². The van der Waals surface area contributed by atoms with Crippen molar-refractivity contribution in [1.82, 2.24) is 4.31 Å². The van der Waals surface area contributed by atoms with Gasteiger partial charge >= 0.3 is 0 Å². The molecule has 0 heterocycles. The van der Waals surface area contributed by atoms with E-state index in [0.717, 1.165) is 16.4 Å². The Bertz CT molecular complexity index is 1220. The maximum absolute atomic E-state index is 13.9. The first-order valence-corrected chi connectivity index (χ1v) is 11.1. The molecular weight excluding hydrogens is 438 g/mol. The number of sulfonamides is 1. The van der Waals surface area contributed by atoms with Crippen LogP contribution >= 0.6 is 0 Å². The number of amides is 1. The number of aryl methyl sites for hydroxylation is 1. The lowest BCUT2D eigenvalue weighted by atomic mass is 10.2. The van der Waals surface area contributed by atoms with E-state index < -0.39 is 34.1 Å². The minimum atomic E-state index is -4.17. The third kappa shape index (κ3) is 5.49. The Morgan fingerprint density at radius 2 is 1.75 bits per heavy atom. The Morgan fingerprint density at radius 3 is 2.41 bits per heavy atom. The van der Waals surface area contributed by atoms with Crippen molar-refractivity contribution < 1.29 is 26.7 Å². The second kappa shape index (κ2) is 9.88. The summed E-state index contributed by atoms with van der Waals surface area (Å²) < 4.78 is 60.3. The highest BCUT2D eigenvalue weighted by Gasteiger charge is 2.30. The van der Waals surface area contributed by atoms with Crippen molar-refractivity contribution >= 4 is 21.6 Å². The summed E-state index contributed by atoms with van der Waals surface area (Å²) in [5.41, 5.74) is 1.10. The normalized spacial score (nSPS) is 11.4. The van der Waals surface area contributed by atoms with Crippen LogP contribution in [-0.4, -0.2) is 32.3 Å². The number of carbonyl (C=O) groups excluding carboxylic acids is 1. The molecule has 0 bridgehead atoms. The summed E-state index contributed by atoms with van der Waals surface area (Å²) in [6.07, 6.45) is 0. The second-order valence-corrected chi connectivity index (χ2v) is 8.99. The number of nitrogens with one attached hydrogen (secondary N) is 1. The number of methoxy groups -OCH3 is 1. The number of hydrogen-bond donors (Lipinski definition) is 1. The number of anilines is 1. The van der Waals surface area contributed by atoms with E-state index in [0.29, 0.717) is 17.2 Å². The van der Waals surface area contributed by atoms with Crippen LogP contribution in [0.3, 0.4) is 0 Å². The number of carbonyl (C=O) groups is 1. The third-order valence-electron chi connectivity index (χ3n) is 4.66. The molecule has 0 aliphatic rings. The molecule has 0 unspecified atom stereocenters. The Balaban J connectivity index is 1.95. The van der Waals surface area contributed by atoms with Gasteiger partial charge in [0.25, 0.3) is 0 Å². The van der Waals surface area contributed by atoms with Crippen LogP contribution in [0.1, 0.15) is 11.1 Å². The monoisotopic (exact) mass is 460 g/mol. The zero-order valence-electron chi connectivity index (χ0n) is 17.5. The molecule has 0 aromatic heterocycles. The molecule has 0 fully saturated rings. The number of hydrogen-bond acceptors (Lipinski definition) is 4. The average molecular weight is 461 g/mol. The summed E-state index contributed by atoms with van der Waals surface area (Å²) in [6.45, 7) is 1.05. The number of ether oxygens (including phenoxy) is 1. The minimum absolute atomic E-state index is 0.0864. The van der Waals surface area contributed by atoms with Crippen molar-refractivity contribution in [3.63, 3.8) is 0 Å². The number of halogens is 2. The first-order chi connectivity index (χ1) is 15.2. The molecule has 9 heteroatoms. The molecule has 0 radical (unpaired) electrons. The lowest BCUT2D eigenvalue weighted by Gasteiger charge is -2.23. The quantitative estimate of drug-likeness (QED) is 0.549. The molecule has 3 rings (SSSR count). The van der Waals surface area contributed by atoms with Crippen LogP contribution in [0.25, 0.3) is 0 Å². The Labute approximate surface area is 185 Å². The van der Waals surface area contributed by atoms with E-state index >= 15 is 0 Å². The average Bonchev–Trinajstić information content (AvgIpc) is 2.76. The van der Waals surface area contributed by atoms with E-state index in [4.69, 9.17) is 4.74 Å². The molecule has 1 amide bonds. The van der Waals surface area contributed by atoms with Crippen molar-refractivity contribution in [1.29, 1.82) is 0 Å². The van der Waals surface area contributed by atoms with Crippen molar-refractivity contribution in [3.05, 3.63) is 89.5 Å². The molecule has 3 aromatic carbocycles. The smallest absolute Gasteiger partial charge is 0.247 e. The van der Waals surface area contributed by atoms with E-state index in [-0.39, 0.29) is 22.9 Å². The maximum atomic E-state index is 13.9. The van der Waals surface area contributed by atoms with Crippen LogP contribution in [0.5, 0.6) is 5.75 Å². The van der Waals surface area contributed by atoms with Crippen LogP contribution in [0, 0.1) is 18.6 Å². The highest BCUT2D eigenvalue weighted by atomic mass is 32.2. The predicted molar refractivity (Wildman–Crippen MR) is 117 cm³/mol. The molecule has 0 saturated heterocycles.